The molecule has 0 unspecified atom stereocenters. The van der Waals surface area contributed by atoms with Crippen molar-refractivity contribution in [2.45, 2.75) is 96.5 Å². The van der Waals surface area contributed by atoms with E-state index in [-0.39, 0.29) is 0 Å². The van der Waals surface area contributed by atoms with Gasteiger partial charge in [-0.15, -0.1) is 6.58 Å². The Hall–Kier alpha value is -0.340. The first-order valence-electron chi connectivity index (χ1n) is 12.1. The molecule has 2 heteroatoms. The second-order valence-electron chi connectivity index (χ2n) is 9.61. The van der Waals surface area contributed by atoms with Crippen molar-refractivity contribution in [1.29, 1.82) is 0 Å². The van der Waals surface area contributed by atoms with E-state index in [0.717, 1.165) is 55.8 Å². The average Bonchev–Trinajstić information content (AvgIpc) is 2.74. The van der Waals surface area contributed by atoms with Gasteiger partial charge in [-0.3, -0.25) is 0 Å². The number of hydrogen-bond donors (Lipinski definition) is 0. The molecule has 3 aliphatic carbocycles. The summed E-state index contributed by atoms with van der Waals surface area (Å²) in [4.78, 5) is 0. The Morgan fingerprint density at radius 2 is 1.15 bits per heavy atom. The predicted molar refractivity (Wildman–Crippen MR) is 114 cm³/mol. The molecular formula is C25H44O2. The van der Waals surface area contributed by atoms with Crippen molar-refractivity contribution in [2.24, 2.45) is 29.6 Å². The van der Waals surface area contributed by atoms with E-state index < -0.39 is 0 Å². The summed E-state index contributed by atoms with van der Waals surface area (Å²) in [5.74, 6) is 4.88. The van der Waals surface area contributed by atoms with Crippen LogP contribution in [0.2, 0.25) is 0 Å². The van der Waals surface area contributed by atoms with E-state index in [1.165, 1.54) is 77.0 Å². The molecule has 0 spiro atoms. The molecule has 0 bridgehead atoms. The van der Waals surface area contributed by atoms with Crippen LogP contribution in [0.1, 0.15) is 90.4 Å². The molecule has 2 nitrogen and oxygen atoms in total. The Bertz CT molecular complexity index is 397. The van der Waals surface area contributed by atoms with Crippen LogP contribution in [0.4, 0.5) is 0 Å². The molecule has 0 aromatic heterocycles. The Morgan fingerprint density at radius 1 is 0.667 bits per heavy atom. The fraction of sp³-hybridized carbons (Fsp3) is 0.920. The molecule has 0 saturated heterocycles. The van der Waals surface area contributed by atoms with Crippen LogP contribution in [0.15, 0.2) is 12.7 Å². The molecule has 27 heavy (non-hydrogen) atoms. The Morgan fingerprint density at radius 3 is 1.63 bits per heavy atom. The van der Waals surface area contributed by atoms with Crippen molar-refractivity contribution < 1.29 is 9.47 Å². The molecule has 3 aliphatic rings. The Labute approximate surface area is 168 Å². The van der Waals surface area contributed by atoms with Crippen molar-refractivity contribution in [3.05, 3.63) is 12.7 Å². The summed E-state index contributed by atoms with van der Waals surface area (Å²) in [5.41, 5.74) is 0. The number of ether oxygens (including phenoxy) is 2. The highest BCUT2D eigenvalue weighted by molar-refractivity contribution is 4.89. The molecule has 0 aromatic rings. The summed E-state index contributed by atoms with van der Waals surface area (Å²) >= 11 is 0. The van der Waals surface area contributed by atoms with Crippen molar-refractivity contribution in [2.75, 3.05) is 19.8 Å². The SMILES string of the molecule is C=CC1CCC(C2CCC(C3CCC(OCCOCCC)CC3)CC2)CC1. The molecular weight excluding hydrogens is 332 g/mol. The highest BCUT2D eigenvalue weighted by atomic mass is 16.5. The molecule has 0 atom stereocenters. The quantitative estimate of drug-likeness (QED) is 0.326. The minimum Gasteiger partial charge on any atom is -0.379 e. The van der Waals surface area contributed by atoms with Crippen molar-refractivity contribution in [3.8, 4) is 0 Å². The zero-order chi connectivity index (χ0) is 18.9. The third-order valence-corrected chi connectivity index (χ3v) is 7.95. The monoisotopic (exact) mass is 376 g/mol. The third-order valence-electron chi connectivity index (χ3n) is 7.95. The van der Waals surface area contributed by atoms with Gasteiger partial charge < -0.3 is 9.47 Å². The minimum atomic E-state index is 0.503. The van der Waals surface area contributed by atoms with E-state index in [2.05, 4.69) is 19.6 Å². The smallest absolute Gasteiger partial charge is 0.0704 e. The topological polar surface area (TPSA) is 18.5 Å². The molecule has 3 rings (SSSR count). The summed E-state index contributed by atoms with van der Waals surface area (Å²) in [6.45, 7) is 8.58. The zero-order valence-electron chi connectivity index (χ0n) is 17.9. The number of allylic oxidation sites excluding steroid dienone is 1. The maximum atomic E-state index is 6.05. The van der Waals surface area contributed by atoms with Gasteiger partial charge in [0, 0.05) is 6.61 Å². The van der Waals surface area contributed by atoms with E-state index in [1.54, 1.807) is 0 Å². The molecule has 0 amide bonds. The van der Waals surface area contributed by atoms with Crippen LogP contribution < -0.4 is 0 Å². The number of rotatable bonds is 9. The third kappa shape index (κ3) is 6.60. The summed E-state index contributed by atoms with van der Waals surface area (Å²) in [6.07, 6.45) is 21.0. The fourth-order valence-corrected chi connectivity index (χ4v) is 6.19. The van der Waals surface area contributed by atoms with Crippen LogP contribution in [0.3, 0.4) is 0 Å². The first-order valence-corrected chi connectivity index (χ1v) is 12.1. The van der Waals surface area contributed by atoms with Gasteiger partial charge in [-0.2, -0.15) is 0 Å². The van der Waals surface area contributed by atoms with Gasteiger partial charge in [-0.1, -0.05) is 13.0 Å². The second-order valence-corrected chi connectivity index (χ2v) is 9.61. The van der Waals surface area contributed by atoms with E-state index in [4.69, 9.17) is 9.47 Å². The van der Waals surface area contributed by atoms with Crippen LogP contribution in [-0.4, -0.2) is 25.9 Å². The molecule has 156 valence electrons. The average molecular weight is 377 g/mol. The van der Waals surface area contributed by atoms with Crippen LogP contribution in [0.5, 0.6) is 0 Å². The molecule has 3 saturated carbocycles. The lowest BCUT2D eigenvalue weighted by molar-refractivity contribution is -0.0229. The van der Waals surface area contributed by atoms with Crippen LogP contribution in [0, 0.1) is 29.6 Å². The molecule has 0 N–H and O–H groups in total. The molecule has 0 aromatic carbocycles. The number of hydrogen-bond acceptors (Lipinski definition) is 2. The van der Waals surface area contributed by atoms with Gasteiger partial charge in [0.2, 0.25) is 0 Å². The zero-order valence-corrected chi connectivity index (χ0v) is 17.9. The normalized spacial score (nSPS) is 37.8. The van der Waals surface area contributed by atoms with Gasteiger partial charge in [-0.25, -0.2) is 0 Å². The first-order chi connectivity index (χ1) is 13.3. The van der Waals surface area contributed by atoms with Crippen LogP contribution >= 0.6 is 0 Å². The van der Waals surface area contributed by atoms with Gasteiger partial charge in [0.1, 0.15) is 0 Å². The van der Waals surface area contributed by atoms with Crippen LogP contribution in [0.25, 0.3) is 0 Å². The highest BCUT2D eigenvalue weighted by Crippen LogP contribution is 2.45. The van der Waals surface area contributed by atoms with Gasteiger partial charge in [0.05, 0.1) is 19.3 Å². The van der Waals surface area contributed by atoms with E-state index in [0.29, 0.717) is 6.10 Å². The molecule has 0 radical (unpaired) electrons. The summed E-state index contributed by atoms with van der Waals surface area (Å²) in [5, 5.41) is 0. The minimum absolute atomic E-state index is 0.503. The maximum Gasteiger partial charge on any atom is 0.0704 e. The van der Waals surface area contributed by atoms with Crippen molar-refractivity contribution >= 4 is 0 Å². The standard InChI is InChI=1S/C25H44O2/c1-3-17-26-18-19-27-25-15-13-24(14-16-25)23-11-9-22(10-12-23)21-7-5-20(4-2)6-8-21/h4,20-25H,2-3,5-19H2,1H3. The van der Waals surface area contributed by atoms with Crippen molar-refractivity contribution in [1.82, 2.24) is 0 Å². The van der Waals surface area contributed by atoms with Gasteiger partial charge in [0.25, 0.3) is 0 Å². The van der Waals surface area contributed by atoms with E-state index in [9.17, 15) is 0 Å². The van der Waals surface area contributed by atoms with Gasteiger partial charge in [0.15, 0.2) is 0 Å². The second kappa shape index (κ2) is 11.6. The van der Waals surface area contributed by atoms with Crippen LogP contribution in [-0.2, 0) is 9.47 Å². The van der Waals surface area contributed by atoms with Gasteiger partial charge >= 0.3 is 0 Å². The van der Waals surface area contributed by atoms with Crippen molar-refractivity contribution in [3.63, 3.8) is 0 Å². The first kappa shape index (κ1) is 21.4. The lowest BCUT2D eigenvalue weighted by Gasteiger charge is -2.41. The Balaban J connectivity index is 1.29. The molecule has 0 aliphatic heterocycles. The fourth-order valence-electron chi connectivity index (χ4n) is 6.19. The largest absolute Gasteiger partial charge is 0.379 e. The molecule has 0 heterocycles. The maximum absolute atomic E-state index is 6.05. The predicted octanol–water partition coefficient (Wildman–Crippen LogP) is 6.79. The summed E-state index contributed by atoms with van der Waals surface area (Å²) in [6, 6.07) is 0. The summed E-state index contributed by atoms with van der Waals surface area (Å²) < 4.78 is 11.6. The highest BCUT2D eigenvalue weighted by Gasteiger charge is 2.34. The lowest BCUT2D eigenvalue weighted by Crippen LogP contribution is -2.31. The van der Waals surface area contributed by atoms with E-state index >= 15 is 0 Å². The lowest BCUT2D eigenvalue weighted by atomic mass is 9.65. The Kier molecular flexibility index (Phi) is 9.19. The summed E-state index contributed by atoms with van der Waals surface area (Å²) in [7, 11) is 0. The van der Waals surface area contributed by atoms with Gasteiger partial charge in [-0.05, 0) is 113 Å². The molecule has 3 fully saturated rings. The van der Waals surface area contributed by atoms with E-state index in [1.807, 2.05) is 0 Å².